The predicted octanol–water partition coefficient (Wildman–Crippen LogP) is 0.795. The second-order valence-corrected chi connectivity index (χ2v) is 4.51. The normalized spacial score (nSPS) is 15.1. The molecule has 0 atom stereocenters. The molecule has 1 aromatic carbocycles. The van der Waals surface area contributed by atoms with Gasteiger partial charge in [-0.05, 0) is 17.7 Å². The van der Waals surface area contributed by atoms with Gasteiger partial charge in [-0.25, -0.2) is 0 Å². The molecule has 0 unspecified atom stereocenters. The molecule has 0 aliphatic carbocycles. The summed E-state index contributed by atoms with van der Waals surface area (Å²) in [6.07, 6.45) is 0. The minimum atomic E-state index is -0.0616. The number of nitrogens with one attached hydrogen (secondary N) is 1. The van der Waals surface area contributed by atoms with E-state index in [1.807, 2.05) is 12.1 Å². The van der Waals surface area contributed by atoms with E-state index in [1.54, 1.807) is 17.0 Å². The molecule has 1 aliphatic rings. The van der Waals surface area contributed by atoms with Crippen LogP contribution in [0.1, 0.15) is 22.8 Å². The predicted molar refractivity (Wildman–Crippen MR) is 70.7 cm³/mol. The first-order chi connectivity index (χ1) is 9.16. The number of hydrogen-bond donors (Lipinski definition) is 1. The van der Waals surface area contributed by atoms with Crippen LogP contribution in [0.3, 0.4) is 0 Å². The maximum Gasteiger partial charge on any atom is 0.254 e. The Morgan fingerprint density at radius 2 is 1.84 bits per heavy atom. The Kier molecular flexibility index (Phi) is 4.52. The number of morpholine rings is 1. The number of hydrogen-bond acceptors (Lipinski definition) is 3. The summed E-state index contributed by atoms with van der Waals surface area (Å²) in [6.45, 7) is 4.47. The molecule has 1 aliphatic heterocycles. The smallest absolute Gasteiger partial charge is 0.254 e. The molecule has 0 bridgehead atoms. The molecule has 19 heavy (non-hydrogen) atoms. The minimum Gasteiger partial charge on any atom is -0.378 e. The van der Waals surface area contributed by atoms with Crippen molar-refractivity contribution in [2.75, 3.05) is 26.3 Å². The summed E-state index contributed by atoms with van der Waals surface area (Å²) in [7, 11) is 0. The summed E-state index contributed by atoms with van der Waals surface area (Å²) in [5.41, 5.74) is 1.65. The molecule has 102 valence electrons. The average molecular weight is 262 g/mol. The highest BCUT2D eigenvalue weighted by atomic mass is 16.5. The summed E-state index contributed by atoms with van der Waals surface area (Å²) in [4.78, 5) is 24.8. The lowest BCUT2D eigenvalue weighted by Crippen LogP contribution is -2.40. The molecule has 5 nitrogen and oxygen atoms in total. The number of amides is 2. The zero-order valence-corrected chi connectivity index (χ0v) is 11.0. The lowest BCUT2D eigenvalue weighted by atomic mass is 10.1. The Morgan fingerprint density at radius 1 is 1.21 bits per heavy atom. The largest absolute Gasteiger partial charge is 0.378 e. The van der Waals surface area contributed by atoms with Crippen molar-refractivity contribution in [1.82, 2.24) is 10.2 Å². The molecule has 0 radical (unpaired) electrons. The Balaban J connectivity index is 1.97. The highest BCUT2D eigenvalue weighted by Crippen LogP contribution is 2.09. The van der Waals surface area contributed by atoms with Gasteiger partial charge in [-0.3, -0.25) is 9.59 Å². The van der Waals surface area contributed by atoms with E-state index < -0.39 is 0 Å². The molecule has 2 rings (SSSR count). The van der Waals surface area contributed by atoms with Gasteiger partial charge in [-0.2, -0.15) is 0 Å². The highest BCUT2D eigenvalue weighted by molar-refractivity contribution is 5.94. The van der Waals surface area contributed by atoms with Gasteiger partial charge in [0.05, 0.1) is 13.2 Å². The number of nitrogens with zero attached hydrogens (tertiary/aromatic N) is 1. The zero-order chi connectivity index (χ0) is 13.7. The van der Waals surface area contributed by atoms with Gasteiger partial charge >= 0.3 is 0 Å². The molecule has 0 saturated carbocycles. The van der Waals surface area contributed by atoms with Crippen molar-refractivity contribution in [2.45, 2.75) is 13.5 Å². The third-order valence-corrected chi connectivity index (χ3v) is 3.04. The molecule has 2 amide bonds. The van der Waals surface area contributed by atoms with Gasteiger partial charge in [0, 0.05) is 32.1 Å². The van der Waals surface area contributed by atoms with Crippen LogP contribution in [0.5, 0.6) is 0 Å². The fourth-order valence-corrected chi connectivity index (χ4v) is 1.94. The molecule has 5 heteroatoms. The van der Waals surface area contributed by atoms with Crippen molar-refractivity contribution in [3.63, 3.8) is 0 Å². The van der Waals surface area contributed by atoms with Crippen LogP contribution >= 0.6 is 0 Å². The summed E-state index contributed by atoms with van der Waals surface area (Å²) in [5.74, 6) is -0.0251. The number of benzene rings is 1. The third kappa shape index (κ3) is 3.79. The van der Waals surface area contributed by atoms with E-state index in [9.17, 15) is 9.59 Å². The topological polar surface area (TPSA) is 58.6 Å². The quantitative estimate of drug-likeness (QED) is 0.876. The molecule has 0 aromatic heterocycles. The van der Waals surface area contributed by atoms with E-state index in [0.717, 1.165) is 5.56 Å². The van der Waals surface area contributed by atoms with Crippen molar-refractivity contribution >= 4 is 11.8 Å². The first kappa shape index (κ1) is 13.5. The van der Waals surface area contributed by atoms with Gasteiger partial charge in [0.25, 0.3) is 5.91 Å². The van der Waals surface area contributed by atoms with Gasteiger partial charge in [-0.1, -0.05) is 12.1 Å². The molecule has 0 spiro atoms. The van der Waals surface area contributed by atoms with Crippen LogP contribution in [-0.2, 0) is 16.1 Å². The fourth-order valence-electron chi connectivity index (χ4n) is 1.94. The van der Waals surface area contributed by atoms with E-state index in [1.165, 1.54) is 6.92 Å². The van der Waals surface area contributed by atoms with Gasteiger partial charge in [0.15, 0.2) is 0 Å². The standard InChI is InChI=1S/C14H18N2O3/c1-11(17)15-10-12-2-4-13(5-3-12)14(18)16-6-8-19-9-7-16/h2-5H,6-10H2,1H3,(H,15,17). The molecular formula is C14H18N2O3. The lowest BCUT2D eigenvalue weighted by Gasteiger charge is -2.26. The third-order valence-electron chi connectivity index (χ3n) is 3.04. The summed E-state index contributed by atoms with van der Waals surface area (Å²) >= 11 is 0. The fraction of sp³-hybridized carbons (Fsp3) is 0.429. The van der Waals surface area contributed by atoms with Gasteiger partial charge < -0.3 is 15.0 Å². The van der Waals surface area contributed by atoms with Crippen molar-refractivity contribution in [3.8, 4) is 0 Å². The number of ether oxygens (including phenoxy) is 1. The molecule has 1 saturated heterocycles. The van der Waals surface area contributed by atoms with Crippen LogP contribution in [0.25, 0.3) is 0 Å². The summed E-state index contributed by atoms with van der Waals surface area (Å²) in [6, 6.07) is 7.33. The highest BCUT2D eigenvalue weighted by Gasteiger charge is 2.18. The lowest BCUT2D eigenvalue weighted by molar-refractivity contribution is -0.119. The summed E-state index contributed by atoms with van der Waals surface area (Å²) in [5, 5.41) is 2.72. The molecule has 1 N–H and O–H groups in total. The molecular weight excluding hydrogens is 244 g/mol. The van der Waals surface area contributed by atoms with E-state index in [2.05, 4.69) is 5.32 Å². The number of carbonyl (C=O) groups is 2. The van der Waals surface area contributed by atoms with Crippen LogP contribution in [0, 0.1) is 0 Å². The van der Waals surface area contributed by atoms with Crippen molar-refractivity contribution < 1.29 is 14.3 Å². The van der Waals surface area contributed by atoms with E-state index >= 15 is 0 Å². The van der Waals surface area contributed by atoms with Crippen molar-refractivity contribution in [3.05, 3.63) is 35.4 Å². The Labute approximate surface area is 112 Å². The maximum absolute atomic E-state index is 12.2. The molecule has 1 heterocycles. The van der Waals surface area contributed by atoms with Crippen LogP contribution in [0.15, 0.2) is 24.3 Å². The Bertz CT molecular complexity index is 450. The van der Waals surface area contributed by atoms with Crippen LogP contribution in [0.2, 0.25) is 0 Å². The first-order valence-corrected chi connectivity index (χ1v) is 6.37. The number of carbonyl (C=O) groups excluding carboxylic acids is 2. The molecule has 1 aromatic rings. The first-order valence-electron chi connectivity index (χ1n) is 6.37. The maximum atomic E-state index is 12.2. The van der Waals surface area contributed by atoms with E-state index in [-0.39, 0.29) is 11.8 Å². The number of rotatable bonds is 3. The minimum absolute atomic E-state index is 0.0365. The Morgan fingerprint density at radius 3 is 2.42 bits per heavy atom. The van der Waals surface area contributed by atoms with E-state index in [4.69, 9.17) is 4.74 Å². The van der Waals surface area contributed by atoms with E-state index in [0.29, 0.717) is 38.4 Å². The Hall–Kier alpha value is -1.88. The van der Waals surface area contributed by atoms with Gasteiger partial charge in [0.2, 0.25) is 5.91 Å². The summed E-state index contributed by atoms with van der Waals surface area (Å²) < 4.78 is 5.23. The van der Waals surface area contributed by atoms with Crippen molar-refractivity contribution in [1.29, 1.82) is 0 Å². The monoisotopic (exact) mass is 262 g/mol. The van der Waals surface area contributed by atoms with Crippen LogP contribution in [-0.4, -0.2) is 43.0 Å². The second-order valence-electron chi connectivity index (χ2n) is 4.51. The molecule has 1 fully saturated rings. The van der Waals surface area contributed by atoms with Gasteiger partial charge in [0.1, 0.15) is 0 Å². The van der Waals surface area contributed by atoms with Crippen LogP contribution in [0.4, 0.5) is 0 Å². The van der Waals surface area contributed by atoms with Crippen molar-refractivity contribution in [2.24, 2.45) is 0 Å². The van der Waals surface area contributed by atoms with Crippen LogP contribution < -0.4 is 5.32 Å². The average Bonchev–Trinajstić information content (AvgIpc) is 2.46. The van der Waals surface area contributed by atoms with Gasteiger partial charge in [-0.15, -0.1) is 0 Å². The second kappa shape index (κ2) is 6.33. The zero-order valence-electron chi connectivity index (χ0n) is 11.0. The SMILES string of the molecule is CC(=O)NCc1ccc(C(=O)N2CCOCC2)cc1.